The van der Waals surface area contributed by atoms with E-state index in [2.05, 4.69) is 11.6 Å². The molecule has 3 rings (SSSR count). The van der Waals surface area contributed by atoms with E-state index in [1.807, 2.05) is 4.90 Å². The molecule has 1 aliphatic heterocycles. The van der Waals surface area contributed by atoms with Crippen molar-refractivity contribution < 1.29 is 17.9 Å². The Morgan fingerprint density at radius 2 is 2.00 bits per heavy atom. The van der Waals surface area contributed by atoms with E-state index in [0.29, 0.717) is 17.8 Å². The van der Waals surface area contributed by atoms with E-state index in [4.69, 9.17) is 4.74 Å². The summed E-state index contributed by atoms with van der Waals surface area (Å²) >= 11 is 1.16. The number of thiophene rings is 1. The first-order chi connectivity index (χ1) is 13.5. The van der Waals surface area contributed by atoms with Crippen LogP contribution >= 0.6 is 11.3 Å². The molecule has 8 heteroatoms. The highest BCUT2D eigenvalue weighted by atomic mass is 32.2. The van der Waals surface area contributed by atoms with Gasteiger partial charge in [-0.3, -0.25) is 9.52 Å². The second-order valence-corrected chi connectivity index (χ2v) is 9.69. The van der Waals surface area contributed by atoms with Gasteiger partial charge < -0.3 is 9.64 Å². The van der Waals surface area contributed by atoms with E-state index in [1.165, 1.54) is 0 Å². The summed E-state index contributed by atoms with van der Waals surface area (Å²) in [5.41, 5.74) is 1.00. The number of carbonyl (C=O) groups is 1. The average Bonchev–Trinajstić information content (AvgIpc) is 3.14. The molecule has 1 amide bonds. The molecule has 0 aliphatic carbocycles. The number of hydrogen-bond acceptors (Lipinski definition) is 5. The first-order valence-electron chi connectivity index (χ1n) is 9.57. The second kappa shape index (κ2) is 9.54. The lowest BCUT2D eigenvalue weighted by Gasteiger charge is -2.21. The van der Waals surface area contributed by atoms with E-state index >= 15 is 0 Å². The fourth-order valence-corrected chi connectivity index (χ4v) is 5.26. The molecule has 1 aromatic heterocycles. The van der Waals surface area contributed by atoms with Crippen molar-refractivity contribution in [1.82, 2.24) is 4.90 Å². The molecule has 1 aliphatic rings. The van der Waals surface area contributed by atoms with Crippen LogP contribution in [-0.2, 0) is 14.8 Å². The highest BCUT2D eigenvalue weighted by Gasteiger charge is 2.22. The van der Waals surface area contributed by atoms with Crippen molar-refractivity contribution in [3.63, 3.8) is 0 Å². The van der Waals surface area contributed by atoms with Crippen LogP contribution in [0.5, 0.6) is 0 Å². The van der Waals surface area contributed by atoms with Crippen molar-refractivity contribution in [2.75, 3.05) is 24.4 Å². The number of likely N-dealkylation sites (tertiary alicyclic amines) is 1. The summed E-state index contributed by atoms with van der Waals surface area (Å²) in [4.78, 5) is 14.7. The fourth-order valence-electron chi connectivity index (χ4n) is 3.21. The quantitative estimate of drug-likeness (QED) is 0.733. The third-order valence-electron chi connectivity index (χ3n) is 4.66. The Bertz CT molecular complexity index is 864. The molecule has 28 heavy (non-hydrogen) atoms. The summed E-state index contributed by atoms with van der Waals surface area (Å²) in [6.07, 6.45) is 3.99. The van der Waals surface area contributed by atoms with Crippen molar-refractivity contribution in [2.45, 2.75) is 42.9 Å². The lowest BCUT2D eigenvalue weighted by Crippen LogP contribution is -2.32. The summed E-state index contributed by atoms with van der Waals surface area (Å²) in [5, 5.41) is 1.72. The minimum atomic E-state index is -3.58. The van der Waals surface area contributed by atoms with Gasteiger partial charge in [-0.05, 0) is 61.4 Å². The Morgan fingerprint density at radius 1 is 1.21 bits per heavy atom. The van der Waals surface area contributed by atoms with Crippen molar-refractivity contribution in [2.24, 2.45) is 0 Å². The van der Waals surface area contributed by atoms with Gasteiger partial charge in [0.2, 0.25) is 0 Å². The lowest BCUT2D eigenvalue weighted by atomic mass is 10.1. The number of rotatable bonds is 7. The molecule has 1 aromatic carbocycles. The molecule has 0 radical (unpaired) electrons. The van der Waals surface area contributed by atoms with Gasteiger partial charge in [0, 0.05) is 30.9 Å². The fraction of sp³-hybridized carbons (Fsp3) is 0.450. The van der Waals surface area contributed by atoms with Gasteiger partial charge in [0.25, 0.3) is 15.9 Å². The summed E-state index contributed by atoms with van der Waals surface area (Å²) in [6, 6.07) is 9.85. The largest absolute Gasteiger partial charge is 0.378 e. The molecule has 0 bridgehead atoms. The number of sulfonamides is 1. The van der Waals surface area contributed by atoms with Crippen molar-refractivity contribution in [3.8, 4) is 0 Å². The molecule has 1 saturated heterocycles. The Balaban J connectivity index is 1.61. The van der Waals surface area contributed by atoms with Gasteiger partial charge in [-0.2, -0.15) is 0 Å². The normalized spacial score (nSPS) is 17.9. The topological polar surface area (TPSA) is 75.7 Å². The highest BCUT2D eigenvalue weighted by molar-refractivity contribution is 7.94. The molecule has 1 N–H and O–H groups in total. The van der Waals surface area contributed by atoms with Crippen molar-refractivity contribution in [1.29, 1.82) is 0 Å². The lowest BCUT2D eigenvalue weighted by molar-refractivity contribution is 0.0432. The number of anilines is 1. The first-order valence-corrected chi connectivity index (χ1v) is 11.9. The Hall–Kier alpha value is -1.90. The zero-order valence-electron chi connectivity index (χ0n) is 16.0. The van der Waals surface area contributed by atoms with Crippen LogP contribution in [0.4, 0.5) is 5.69 Å². The standard InChI is InChI=1S/C20H26N2O4S2/c1-2-14-26-18-5-3-12-22(13-11-18)20(23)16-7-9-17(10-8-16)21-28(24,25)19-6-4-15-27-19/h4,6-10,15,18,21H,2-3,5,11-14H2,1H3. The summed E-state index contributed by atoms with van der Waals surface area (Å²) < 4.78 is 33.2. The smallest absolute Gasteiger partial charge is 0.271 e. The zero-order chi connectivity index (χ0) is 20.0. The van der Waals surface area contributed by atoms with Gasteiger partial charge in [-0.15, -0.1) is 11.3 Å². The van der Waals surface area contributed by atoms with Crippen molar-refractivity contribution >= 4 is 33.0 Å². The Morgan fingerprint density at radius 3 is 2.68 bits per heavy atom. The van der Waals surface area contributed by atoms with Crippen LogP contribution < -0.4 is 4.72 Å². The molecule has 1 atom stereocenters. The van der Waals surface area contributed by atoms with E-state index in [-0.39, 0.29) is 16.2 Å². The second-order valence-electron chi connectivity index (χ2n) is 6.83. The number of carbonyl (C=O) groups excluding carboxylic acids is 1. The number of nitrogens with one attached hydrogen (secondary N) is 1. The van der Waals surface area contributed by atoms with Gasteiger partial charge in [0.15, 0.2) is 0 Å². The molecule has 2 aromatic rings. The maximum atomic E-state index is 12.8. The van der Waals surface area contributed by atoms with Crippen LogP contribution in [-0.4, -0.2) is 45.0 Å². The highest BCUT2D eigenvalue weighted by Crippen LogP contribution is 2.21. The van der Waals surface area contributed by atoms with E-state index < -0.39 is 10.0 Å². The zero-order valence-corrected chi connectivity index (χ0v) is 17.6. The maximum absolute atomic E-state index is 12.8. The molecule has 152 valence electrons. The monoisotopic (exact) mass is 422 g/mol. The predicted molar refractivity (Wildman–Crippen MR) is 111 cm³/mol. The molecule has 0 saturated carbocycles. The van der Waals surface area contributed by atoms with Gasteiger partial charge >= 0.3 is 0 Å². The number of nitrogens with zero attached hydrogens (tertiary/aromatic N) is 1. The molecule has 1 fully saturated rings. The predicted octanol–water partition coefficient (Wildman–Crippen LogP) is 3.97. The molecule has 0 spiro atoms. The third-order valence-corrected chi connectivity index (χ3v) is 7.44. The van der Waals surface area contributed by atoms with Crippen LogP contribution in [0.3, 0.4) is 0 Å². The maximum Gasteiger partial charge on any atom is 0.271 e. The van der Waals surface area contributed by atoms with Gasteiger partial charge in [-0.25, -0.2) is 8.42 Å². The number of hydrogen-bond donors (Lipinski definition) is 1. The van der Waals surface area contributed by atoms with Gasteiger partial charge in [0.1, 0.15) is 4.21 Å². The molecule has 6 nitrogen and oxygen atoms in total. The molecule has 1 unspecified atom stereocenters. The SMILES string of the molecule is CCCOC1CCCN(C(=O)c2ccc(NS(=O)(=O)c3cccs3)cc2)CC1. The average molecular weight is 423 g/mol. The van der Waals surface area contributed by atoms with Gasteiger partial charge in [-0.1, -0.05) is 13.0 Å². The number of amides is 1. The van der Waals surface area contributed by atoms with Crippen LogP contribution in [0.2, 0.25) is 0 Å². The molecular weight excluding hydrogens is 396 g/mol. The Labute approximate surface area is 170 Å². The summed E-state index contributed by atoms with van der Waals surface area (Å²) in [6.45, 7) is 4.26. The number of benzene rings is 1. The van der Waals surface area contributed by atoms with Crippen LogP contribution in [0, 0.1) is 0 Å². The first kappa shape index (κ1) is 20.8. The van der Waals surface area contributed by atoms with Crippen LogP contribution in [0.1, 0.15) is 43.0 Å². The van der Waals surface area contributed by atoms with E-state index in [1.54, 1.807) is 41.8 Å². The number of ether oxygens (including phenoxy) is 1. The minimum Gasteiger partial charge on any atom is -0.378 e. The molecule has 2 heterocycles. The van der Waals surface area contributed by atoms with E-state index in [9.17, 15) is 13.2 Å². The summed E-state index contributed by atoms with van der Waals surface area (Å²) in [5.74, 6) is -0.0243. The van der Waals surface area contributed by atoms with Crippen LogP contribution in [0.25, 0.3) is 0 Å². The summed E-state index contributed by atoms with van der Waals surface area (Å²) in [7, 11) is -3.58. The minimum absolute atomic E-state index is 0.0243. The van der Waals surface area contributed by atoms with Crippen molar-refractivity contribution in [3.05, 3.63) is 47.3 Å². The Kier molecular flexibility index (Phi) is 7.09. The van der Waals surface area contributed by atoms with E-state index in [0.717, 1.165) is 50.2 Å². The van der Waals surface area contributed by atoms with Gasteiger partial charge in [0.05, 0.1) is 6.10 Å². The third kappa shape index (κ3) is 5.33. The molecular formula is C20H26N2O4S2. The van der Waals surface area contributed by atoms with Crippen LogP contribution in [0.15, 0.2) is 46.0 Å².